The molecule has 0 aliphatic carbocycles. The van der Waals surface area contributed by atoms with Crippen molar-refractivity contribution in [1.29, 1.82) is 0 Å². The maximum atomic E-state index is 12.7. The van der Waals surface area contributed by atoms with E-state index in [0.29, 0.717) is 24.5 Å². The number of nitrogens with zero attached hydrogens (tertiary/aromatic N) is 1. The highest BCUT2D eigenvalue weighted by molar-refractivity contribution is 7.89. The van der Waals surface area contributed by atoms with Crippen LogP contribution in [0.4, 0.5) is 0 Å². The standard InChI is InChI=1S/C14H22N2O2S/c1-12-6-7-13(11-15)10-14(12)19(17,18)16-8-4-2-3-5-9-16/h6-7,10H,2-5,8-9,11,15H2,1H3. The van der Waals surface area contributed by atoms with Crippen LogP contribution >= 0.6 is 0 Å². The van der Waals surface area contributed by atoms with Gasteiger partial charge >= 0.3 is 0 Å². The van der Waals surface area contributed by atoms with Gasteiger partial charge in [-0.25, -0.2) is 8.42 Å². The second-order valence-electron chi connectivity index (χ2n) is 5.12. The number of nitrogens with two attached hydrogens (primary N) is 1. The highest BCUT2D eigenvalue weighted by atomic mass is 32.2. The lowest BCUT2D eigenvalue weighted by atomic mass is 10.1. The summed E-state index contributed by atoms with van der Waals surface area (Å²) < 4.78 is 27.1. The Balaban J connectivity index is 2.37. The minimum absolute atomic E-state index is 0.364. The number of hydrogen-bond donors (Lipinski definition) is 1. The van der Waals surface area contributed by atoms with Crippen LogP contribution in [0, 0.1) is 6.92 Å². The molecule has 0 spiro atoms. The van der Waals surface area contributed by atoms with Gasteiger partial charge in [0.05, 0.1) is 4.90 Å². The van der Waals surface area contributed by atoms with Gasteiger partial charge in [0.15, 0.2) is 0 Å². The summed E-state index contributed by atoms with van der Waals surface area (Å²) in [4.78, 5) is 0.414. The summed E-state index contributed by atoms with van der Waals surface area (Å²) in [5, 5.41) is 0. The van der Waals surface area contributed by atoms with Crippen LogP contribution in [0.2, 0.25) is 0 Å². The van der Waals surface area contributed by atoms with Gasteiger partial charge in [0.25, 0.3) is 0 Å². The fourth-order valence-electron chi connectivity index (χ4n) is 2.47. The van der Waals surface area contributed by atoms with Gasteiger partial charge in [0, 0.05) is 19.6 Å². The van der Waals surface area contributed by atoms with Crippen LogP contribution in [-0.2, 0) is 16.6 Å². The van der Waals surface area contributed by atoms with E-state index in [1.54, 1.807) is 10.4 Å². The zero-order valence-electron chi connectivity index (χ0n) is 11.4. The Bertz CT molecular complexity index is 532. The normalized spacial score (nSPS) is 18.2. The molecule has 0 atom stereocenters. The maximum absolute atomic E-state index is 12.7. The van der Waals surface area contributed by atoms with E-state index in [9.17, 15) is 8.42 Å². The van der Waals surface area contributed by atoms with Crippen LogP contribution in [0.1, 0.15) is 36.8 Å². The van der Waals surface area contributed by atoms with Crippen LogP contribution in [0.3, 0.4) is 0 Å². The van der Waals surface area contributed by atoms with Crippen molar-refractivity contribution < 1.29 is 8.42 Å². The van der Waals surface area contributed by atoms with Gasteiger partial charge in [-0.15, -0.1) is 0 Å². The molecule has 2 rings (SSSR count). The van der Waals surface area contributed by atoms with E-state index >= 15 is 0 Å². The van der Waals surface area contributed by atoms with Gasteiger partial charge in [-0.3, -0.25) is 0 Å². The molecule has 0 amide bonds. The summed E-state index contributed by atoms with van der Waals surface area (Å²) in [5.74, 6) is 0. The molecule has 4 nitrogen and oxygen atoms in total. The fourth-order valence-corrected chi connectivity index (χ4v) is 4.26. The van der Waals surface area contributed by atoms with Crippen LogP contribution in [0.15, 0.2) is 23.1 Å². The van der Waals surface area contributed by atoms with E-state index in [2.05, 4.69) is 0 Å². The summed E-state index contributed by atoms with van der Waals surface area (Å²) in [6.07, 6.45) is 4.14. The van der Waals surface area contributed by atoms with E-state index in [-0.39, 0.29) is 0 Å². The Kier molecular flexibility index (Phi) is 4.60. The lowest BCUT2D eigenvalue weighted by Gasteiger charge is -2.21. The van der Waals surface area contributed by atoms with Crippen molar-refractivity contribution in [3.63, 3.8) is 0 Å². The van der Waals surface area contributed by atoms with Crippen molar-refractivity contribution in [1.82, 2.24) is 4.31 Å². The van der Waals surface area contributed by atoms with Crippen molar-refractivity contribution in [3.05, 3.63) is 29.3 Å². The molecule has 1 fully saturated rings. The highest BCUT2D eigenvalue weighted by Crippen LogP contribution is 2.23. The third kappa shape index (κ3) is 3.16. The summed E-state index contributed by atoms with van der Waals surface area (Å²) in [7, 11) is -3.37. The molecule has 0 unspecified atom stereocenters. The Labute approximate surface area is 115 Å². The molecule has 0 radical (unpaired) electrons. The maximum Gasteiger partial charge on any atom is 0.243 e. The molecule has 106 valence electrons. The number of rotatable bonds is 3. The Morgan fingerprint density at radius 2 is 1.79 bits per heavy atom. The lowest BCUT2D eigenvalue weighted by molar-refractivity contribution is 0.423. The third-order valence-electron chi connectivity index (χ3n) is 3.67. The summed E-state index contributed by atoms with van der Waals surface area (Å²) in [6, 6.07) is 5.44. The highest BCUT2D eigenvalue weighted by Gasteiger charge is 2.26. The van der Waals surface area contributed by atoms with Crippen molar-refractivity contribution in [2.24, 2.45) is 5.73 Å². The van der Waals surface area contributed by atoms with E-state index in [1.807, 2.05) is 19.1 Å². The van der Waals surface area contributed by atoms with E-state index in [0.717, 1.165) is 36.8 Å². The SMILES string of the molecule is Cc1ccc(CN)cc1S(=O)(=O)N1CCCCCC1. The van der Waals surface area contributed by atoms with Crippen molar-refractivity contribution in [2.45, 2.75) is 44.0 Å². The predicted octanol–water partition coefficient (Wildman–Crippen LogP) is 2.02. The molecule has 0 saturated carbocycles. The van der Waals surface area contributed by atoms with E-state index < -0.39 is 10.0 Å². The summed E-state index contributed by atoms with van der Waals surface area (Å²) in [6.45, 7) is 3.47. The molecular formula is C14H22N2O2S. The van der Waals surface area contributed by atoms with E-state index in [1.165, 1.54) is 0 Å². The molecule has 2 N–H and O–H groups in total. The number of aryl methyl sites for hydroxylation is 1. The van der Waals surface area contributed by atoms with Crippen LogP contribution < -0.4 is 5.73 Å². The fraction of sp³-hybridized carbons (Fsp3) is 0.571. The second kappa shape index (κ2) is 6.03. The van der Waals surface area contributed by atoms with Gasteiger partial charge in [0.2, 0.25) is 10.0 Å². The second-order valence-corrected chi connectivity index (χ2v) is 7.03. The first-order chi connectivity index (χ1) is 9.05. The van der Waals surface area contributed by atoms with Crippen LogP contribution in [0.5, 0.6) is 0 Å². The monoisotopic (exact) mass is 282 g/mol. The Morgan fingerprint density at radius 3 is 2.37 bits per heavy atom. The topological polar surface area (TPSA) is 63.4 Å². The number of hydrogen-bond acceptors (Lipinski definition) is 3. The lowest BCUT2D eigenvalue weighted by Crippen LogP contribution is -2.32. The number of benzene rings is 1. The van der Waals surface area contributed by atoms with Crippen molar-refractivity contribution in [2.75, 3.05) is 13.1 Å². The molecule has 1 saturated heterocycles. The minimum Gasteiger partial charge on any atom is -0.326 e. The summed E-state index contributed by atoms with van der Waals surface area (Å²) >= 11 is 0. The van der Waals surface area contributed by atoms with Gasteiger partial charge < -0.3 is 5.73 Å². The van der Waals surface area contributed by atoms with Gasteiger partial charge in [0.1, 0.15) is 0 Å². The first-order valence-electron chi connectivity index (χ1n) is 6.85. The van der Waals surface area contributed by atoms with E-state index in [4.69, 9.17) is 5.73 Å². The molecule has 5 heteroatoms. The average Bonchev–Trinajstić information content (AvgIpc) is 2.68. The third-order valence-corrected chi connectivity index (χ3v) is 5.71. The zero-order chi connectivity index (χ0) is 13.9. The summed E-state index contributed by atoms with van der Waals surface area (Å²) in [5.41, 5.74) is 7.26. The molecule has 1 aliphatic heterocycles. The largest absolute Gasteiger partial charge is 0.326 e. The first-order valence-corrected chi connectivity index (χ1v) is 8.29. The zero-order valence-corrected chi connectivity index (χ0v) is 12.2. The van der Waals surface area contributed by atoms with Gasteiger partial charge in [-0.05, 0) is 37.0 Å². The first kappa shape index (κ1) is 14.5. The molecule has 1 aliphatic rings. The smallest absolute Gasteiger partial charge is 0.243 e. The van der Waals surface area contributed by atoms with Gasteiger partial charge in [-0.1, -0.05) is 25.0 Å². The van der Waals surface area contributed by atoms with Crippen molar-refractivity contribution in [3.8, 4) is 0 Å². The molecule has 0 aromatic heterocycles. The molecule has 1 heterocycles. The quantitative estimate of drug-likeness (QED) is 0.922. The number of sulfonamides is 1. The minimum atomic E-state index is -3.37. The molecule has 0 bridgehead atoms. The Morgan fingerprint density at radius 1 is 1.16 bits per heavy atom. The Hall–Kier alpha value is -0.910. The molecular weight excluding hydrogens is 260 g/mol. The average molecular weight is 282 g/mol. The van der Waals surface area contributed by atoms with Crippen molar-refractivity contribution >= 4 is 10.0 Å². The van der Waals surface area contributed by atoms with Crippen LogP contribution in [-0.4, -0.2) is 25.8 Å². The van der Waals surface area contributed by atoms with Gasteiger partial charge in [-0.2, -0.15) is 4.31 Å². The molecule has 19 heavy (non-hydrogen) atoms. The molecule has 1 aromatic carbocycles. The van der Waals surface area contributed by atoms with Crippen LogP contribution in [0.25, 0.3) is 0 Å². The molecule has 1 aromatic rings. The predicted molar refractivity (Wildman–Crippen MR) is 76.3 cm³/mol.